The third-order valence-corrected chi connectivity index (χ3v) is 4.66. The minimum atomic E-state index is 0.209. The minimum Gasteiger partial charge on any atom is -0.380 e. The molecule has 0 radical (unpaired) electrons. The van der Waals surface area contributed by atoms with Crippen molar-refractivity contribution in [2.24, 2.45) is 5.92 Å². The summed E-state index contributed by atoms with van der Waals surface area (Å²) in [6.07, 6.45) is 7.61. The molecule has 1 heteroatoms. The third-order valence-electron chi connectivity index (χ3n) is 4.66. The topological polar surface area (TPSA) is 12.0 Å². The van der Waals surface area contributed by atoms with Gasteiger partial charge in [-0.1, -0.05) is 80.6 Å². The van der Waals surface area contributed by atoms with Gasteiger partial charge in [0.15, 0.2) is 0 Å². The van der Waals surface area contributed by atoms with Gasteiger partial charge in [0.2, 0.25) is 0 Å². The lowest BCUT2D eigenvalue weighted by Gasteiger charge is -2.24. The van der Waals surface area contributed by atoms with E-state index >= 15 is 0 Å². The van der Waals surface area contributed by atoms with Crippen molar-refractivity contribution >= 4 is 0 Å². The third kappa shape index (κ3) is 4.11. The van der Waals surface area contributed by atoms with Crippen molar-refractivity contribution < 1.29 is 0 Å². The van der Waals surface area contributed by atoms with Crippen molar-refractivity contribution in [1.29, 1.82) is 0 Å². The normalized spacial score (nSPS) is 16.5. The molecule has 128 valence electrons. The number of benzene rings is 2. The summed E-state index contributed by atoms with van der Waals surface area (Å²) < 4.78 is 0. The first-order chi connectivity index (χ1) is 12.0. The van der Waals surface area contributed by atoms with E-state index in [0.29, 0.717) is 5.92 Å². The van der Waals surface area contributed by atoms with E-state index in [2.05, 4.69) is 99.5 Å². The van der Waals surface area contributed by atoms with Gasteiger partial charge in [0.1, 0.15) is 0 Å². The molecule has 1 aliphatic rings. The van der Waals surface area contributed by atoms with Gasteiger partial charge in [0.25, 0.3) is 0 Å². The van der Waals surface area contributed by atoms with Gasteiger partial charge in [-0.05, 0) is 53.2 Å². The molecule has 0 fully saturated rings. The highest BCUT2D eigenvalue weighted by Gasteiger charge is 2.16. The summed E-state index contributed by atoms with van der Waals surface area (Å²) in [5.41, 5.74) is 7.72. The highest BCUT2D eigenvalue weighted by Crippen LogP contribution is 2.30. The quantitative estimate of drug-likeness (QED) is 0.643. The van der Waals surface area contributed by atoms with Gasteiger partial charge in [-0.15, -0.1) is 0 Å². The molecule has 1 heterocycles. The Labute approximate surface area is 151 Å². The van der Waals surface area contributed by atoms with Crippen LogP contribution in [0.1, 0.15) is 37.9 Å². The van der Waals surface area contributed by atoms with E-state index in [1.165, 1.54) is 33.4 Å². The van der Waals surface area contributed by atoms with E-state index < -0.39 is 0 Å². The monoisotopic (exact) mass is 329 g/mol. The van der Waals surface area contributed by atoms with E-state index in [4.69, 9.17) is 0 Å². The molecule has 0 aliphatic carbocycles. The Morgan fingerprint density at radius 3 is 2.44 bits per heavy atom. The van der Waals surface area contributed by atoms with Crippen LogP contribution in [0.2, 0.25) is 0 Å². The maximum absolute atomic E-state index is 4.10. The molecule has 0 aromatic heterocycles. The highest BCUT2D eigenvalue weighted by molar-refractivity contribution is 5.65. The first-order valence-corrected chi connectivity index (χ1v) is 9.01. The molecule has 0 bridgehead atoms. The van der Waals surface area contributed by atoms with E-state index in [0.717, 1.165) is 6.42 Å². The Balaban J connectivity index is 1.98. The summed E-state index contributed by atoms with van der Waals surface area (Å²) in [4.78, 5) is 0. The Morgan fingerprint density at radius 1 is 1.08 bits per heavy atom. The maximum atomic E-state index is 4.10. The van der Waals surface area contributed by atoms with Crippen molar-refractivity contribution in [3.8, 4) is 11.1 Å². The summed E-state index contributed by atoms with van der Waals surface area (Å²) in [7, 11) is 0. The van der Waals surface area contributed by atoms with Gasteiger partial charge in [-0.3, -0.25) is 0 Å². The minimum absolute atomic E-state index is 0.209. The molecule has 3 rings (SSSR count). The van der Waals surface area contributed by atoms with Crippen molar-refractivity contribution in [3.05, 3.63) is 95.7 Å². The fraction of sp³-hybridized carbons (Fsp3) is 0.250. The molecular weight excluding hydrogens is 302 g/mol. The molecule has 2 aromatic rings. The largest absolute Gasteiger partial charge is 0.380 e. The van der Waals surface area contributed by atoms with Crippen molar-refractivity contribution in [1.82, 2.24) is 5.32 Å². The molecule has 1 nitrogen and oxygen atoms in total. The fourth-order valence-electron chi connectivity index (χ4n) is 3.23. The van der Waals surface area contributed by atoms with Gasteiger partial charge in [-0.2, -0.15) is 0 Å². The predicted octanol–water partition coefficient (Wildman–Crippen LogP) is 6.21. The Bertz CT molecular complexity index is 809. The zero-order chi connectivity index (χ0) is 17.8. The van der Waals surface area contributed by atoms with E-state index in [1.807, 2.05) is 0 Å². The summed E-state index contributed by atoms with van der Waals surface area (Å²) in [5.74, 6) is 0.537. The number of hydrogen-bond donors (Lipinski definition) is 1. The molecule has 1 atom stereocenters. The second-order valence-corrected chi connectivity index (χ2v) is 7.22. The molecule has 1 unspecified atom stereocenters. The Morgan fingerprint density at radius 2 is 1.84 bits per heavy atom. The van der Waals surface area contributed by atoms with Gasteiger partial charge in [0.05, 0.1) is 6.04 Å². The number of allylic oxidation sites excluding steroid dienone is 3. The molecular formula is C24H27N. The SMILES string of the molecule is C=C(C)Cc1ccc(-c2ccccc2)cc1C1C=CC(C(C)C)=CN1. The zero-order valence-corrected chi connectivity index (χ0v) is 15.4. The van der Waals surface area contributed by atoms with Crippen LogP contribution in [0.15, 0.2) is 84.6 Å². The van der Waals surface area contributed by atoms with Crippen LogP contribution in [0, 0.1) is 5.92 Å². The smallest absolute Gasteiger partial charge is 0.0698 e. The average Bonchev–Trinajstić information content (AvgIpc) is 2.62. The molecule has 0 saturated carbocycles. The molecule has 0 saturated heterocycles. The predicted molar refractivity (Wildman–Crippen MR) is 108 cm³/mol. The lowest BCUT2D eigenvalue weighted by molar-refractivity contribution is 0.694. The summed E-state index contributed by atoms with van der Waals surface area (Å²) in [6.45, 7) is 10.6. The second kappa shape index (κ2) is 7.57. The van der Waals surface area contributed by atoms with E-state index in [-0.39, 0.29) is 6.04 Å². The number of rotatable bonds is 5. The lowest BCUT2D eigenvalue weighted by Crippen LogP contribution is -2.19. The molecule has 25 heavy (non-hydrogen) atoms. The summed E-state index contributed by atoms with van der Waals surface area (Å²) >= 11 is 0. The van der Waals surface area contributed by atoms with Gasteiger partial charge < -0.3 is 5.32 Å². The fourth-order valence-corrected chi connectivity index (χ4v) is 3.23. The van der Waals surface area contributed by atoms with Crippen LogP contribution >= 0.6 is 0 Å². The van der Waals surface area contributed by atoms with Gasteiger partial charge >= 0.3 is 0 Å². The summed E-state index contributed by atoms with van der Waals surface area (Å²) in [5, 5.41) is 3.58. The molecule has 2 aromatic carbocycles. The zero-order valence-electron chi connectivity index (χ0n) is 15.4. The van der Waals surface area contributed by atoms with Crippen LogP contribution < -0.4 is 5.32 Å². The lowest BCUT2D eigenvalue weighted by atomic mass is 9.90. The summed E-state index contributed by atoms with van der Waals surface area (Å²) in [6, 6.07) is 17.6. The average molecular weight is 329 g/mol. The van der Waals surface area contributed by atoms with Crippen LogP contribution in [0.5, 0.6) is 0 Å². The molecule has 1 N–H and O–H groups in total. The van der Waals surface area contributed by atoms with Crippen LogP contribution in [-0.2, 0) is 6.42 Å². The van der Waals surface area contributed by atoms with E-state index in [9.17, 15) is 0 Å². The Hall–Kier alpha value is -2.54. The standard InChI is InChI=1S/C24H27N/c1-17(2)14-21-11-10-20(19-8-6-5-7-9-19)15-23(21)24-13-12-22(16-25-24)18(3)4/h5-13,15-16,18,24-25H,1,14H2,2-4H3. The molecule has 0 spiro atoms. The first kappa shape index (κ1) is 17.3. The van der Waals surface area contributed by atoms with Crippen LogP contribution in [0.25, 0.3) is 11.1 Å². The van der Waals surface area contributed by atoms with E-state index in [1.54, 1.807) is 0 Å². The van der Waals surface area contributed by atoms with Crippen molar-refractivity contribution in [2.45, 2.75) is 33.2 Å². The van der Waals surface area contributed by atoms with Crippen molar-refractivity contribution in [3.63, 3.8) is 0 Å². The van der Waals surface area contributed by atoms with Gasteiger partial charge in [-0.25, -0.2) is 0 Å². The van der Waals surface area contributed by atoms with Crippen molar-refractivity contribution in [2.75, 3.05) is 0 Å². The molecule has 1 aliphatic heterocycles. The Kier molecular flexibility index (Phi) is 5.23. The molecule has 0 amide bonds. The second-order valence-electron chi connectivity index (χ2n) is 7.22. The van der Waals surface area contributed by atoms with Crippen LogP contribution in [0.3, 0.4) is 0 Å². The van der Waals surface area contributed by atoms with Gasteiger partial charge in [0, 0.05) is 6.20 Å². The number of dihydropyridines is 1. The number of hydrogen-bond acceptors (Lipinski definition) is 1. The number of nitrogens with one attached hydrogen (secondary N) is 1. The first-order valence-electron chi connectivity index (χ1n) is 9.01. The van der Waals surface area contributed by atoms with Crippen LogP contribution in [0.4, 0.5) is 0 Å². The van der Waals surface area contributed by atoms with Crippen LogP contribution in [-0.4, -0.2) is 0 Å². The highest BCUT2D eigenvalue weighted by atomic mass is 14.9. The maximum Gasteiger partial charge on any atom is 0.0698 e.